The minimum absolute atomic E-state index is 0.000281. The summed E-state index contributed by atoms with van der Waals surface area (Å²) < 4.78 is 0. The molecule has 0 saturated heterocycles. The molecular weight excluding hydrogens is 452 g/mol. The monoisotopic (exact) mass is 486 g/mol. The van der Waals surface area contributed by atoms with Gasteiger partial charge in [0.2, 0.25) is 5.91 Å². The summed E-state index contributed by atoms with van der Waals surface area (Å²) in [5, 5.41) is 8.78. The summed E-state index contributed by atoms with van der Waals surface area (Å²) in [6, 6.07) is 23.7. The van der Waals surface area contributed by atoms with Gasteiger partial charge in [0.25, 0.3) is 11.8 Å². The van der Waals surface area contributed by atoms with E-state index in [0.29, 0.717) is 29.0 Å². The fraction of sp³-hybridized carbons (Fsp3) is 0.276. The van der Waals surface area contributed by atoms with Gasteiger partial charge in [-0.1, -0.05) is 50.2 Å². The van der Waals surface area contributed by atoms with Gasteiger partial charge in [-0.15, -0.1) is 0 Å². The minimum atomic E-state index is -0.230. The third kappa shape index (κ3) is 7.98. The highest BCUT2D eigenvalue weighted by Crippen LogP contribution is 2.14. The molecule has 0 atom stereocenters. The second kappa shape index (κ2) is 13.7. The SMILES string of the molecule is CCCN(CCC)C(=O)c1cccc(NCC(=O)Nc2ccc(C(=O)NCc3ccccc3)cc2)c1. The highest BCUT2D eigenvalue weighted by molar-refractivity contribution is 5.97. The molecule has 3 N–H and O–H groups in total. The number of anilines is 2. The zero-order valence-electron chi connectivity index (χ0n) is 20.9. The molecule has 0 aliphatic rings. The first-order valence-electron chi connectivity index (χ1n) is 12.4. The maximum atomic E-state index is 12.8. The molecule has 3 rings (SSSR count). The first kappa shape index (κ1) is 26.5. The van der Waals surface area contributed by atoms with Crippen LogP contribution in [0.15, 0.2) is 78.9 Å². The molecule has 3 amide bonds. The number of rotatable bonds is 12. The van der Waals surface area contributed by atoms with E-state index >= 15 is 0 Å². The summed E-state index contributed by atoms with van der Waals surface area (Å²) in [5.41, 5.74) is 3.44. The summed E-state index contributed by atoms with van der Waals surface area (Å²) in [6.07, 6.45) is 1.81. The molecule has 3 aromatic rings. The minimum Gasteiger partial charge on any atom is -0.376 e. The van der Waals surface area contributed by atoms with Gasteiger partial charge >= 0.3 is 0 Å². The molecule has 7 nitrogen and oxygen atoms in total. The third-order valence-electron chi connectivity index (χ3n) is 5.56. The van der Waals surface area contributed by atoms with Crippen LogP contribution in [-0.2, 0) is 11.3 Å². The van der Waals surface area contributed by atoms with Crippen LogP contribution in [0, 0.1) is 0 Å². The maximum absolute atomic E-state index is 12.8. The molecule has 0 aliphatic carbocycles. The molecule has 36 heavy (non-hydrogen) atoms. The van der Waals surface area contributed by atoms with Gasteiger partial charge < -0.3 is 20.9 Å². The molecule has 7 heteroatoms. The molecule has 0 radical (unpaired) electrons. The Bertz CT molecular complexity index is 1140. The highest BCUT2D eigenvalue weighted by Gasteiger charge is 2.14. The second-order valence-electron chi connectivity index (χ2n) is 8.52. The lowest BCUT2D eigenvalue weighted by Gasteiger charge is -2.21. The average Bonchev–Trinajstić information content (AvgIpc) is 2.91. The fourth-order valence-electron chi connectivity index (χ4n) is 3.77. The lowest BCUT2D eigenvalue weighted by Crippen LogP contribution is -2.32. The van der Waals surface area contributed by atoms with Crippen LogP contribution in [-0.4, -0.2) is 42.3 Å². The zero-order chi connectivity index (χ0) is 25.8. The molecule has 188 valence electrons. The van der Waals surface area contributed by atoms with Gasteiger partial charge in [-0.3, -0.25) is 14.4 Å². The van der Waals surface area contributed by atoms with Crippen LogP contribution in [0.1, 0.15) is 53.0 Å². The largest absolute Gasteiger partial charge is 0.376 e. The second-order valence-corrected chi connectivity index (χ2v) is 8.52. The first-order chi connectivity index (χ1) is 17.5. The topological polar surface area (TPSA) is 90.5 Å². The normalized spacial score (nSPS) is 10.4. The van der Waals surface area contributed by atoms with Crippen LogP contribution in [0.3, 0.4) is 0 Å². The van der Waals surface area contributed by atoms with E-state index in [4.69, 9.17) is 0 Å². The summed E-state index contributed by atoms with van der Waals surface area (Å²) in [4.78, 5) is 39.5. The van der Waals surface area contributed by atoms with Gasteiger partial charge in [-0.2, -0.15) is 0 Å². The van der Waals surface area contributed by atoms with Crippen molar-refractivity contribution in [1.82, 2.24) is 10.2 Å². The van der Waals surface area contributed by atoms with Crippen molar-refractivity contribution < 1.29 is 14.4 Å². The van der Waals surface area contributed by atoms with Crippen molar-refractivity contribution in [2.24, 2.45) is 0 Å². The molecular formula is C29H34N4O3. The number of benzene rings is 3. The van der Waals surface area contributed by atoms with Gasteiger partial charge in [-0.05, 0) is 60.9 Å². The third-order valence-corrected chi connectivity index (χ3v) is 5.56. The van der Waals surface area contributed by atoms with Crippen LogP contribution in [0.5, 0.6) is 0 Å². The number of hydrogen-bond acceptors (Lipinski definition) is 4. The summed E-state index contributed by atoms with van der Waals surface area (Å²) in [5.74, 6) is -0.407. The predicted octanol–water partition coefficient (Wildman–Crippen LogP) is 4.93. The Labute approximate surface area is 212 Å². The smallest absolute Gasteiger partial charge is 0.253 e. The van der Waals surface area contributed by atoms with Crippen molar-refractivity contribution in [2.75, 3.05) is 30.3 Å². The summed E-state index contributed by atoms with van der Waals surface area (Å²) in [7, 11) is 0. The van der Waals surface area contributed by atoms with Gasteiger partial charge in [-0.25, -0.2) is 0 Å². The van der Waals surface area contributed by atoms with E-state index in [9.17, 15) is 14.4 Å². The van der Waals surface area contributed by atoms with Gasteiger partial charge in [0.05, 0.1) is 6.54 Å². The van der Waals surface area contributed by atoms with E-state index < -0.39 is 0 Å². The molecule has 0 spiro atoms. The Morgan fingerprint density at radius 2 is 1.44 bits per heavy atom. The van der Waals surface area contributed by atoms with Crippen LogP contribution in [0.4, 0.5) is 11.4 Å². The Kier molecular flexibility index (Phi) is 10.1. The van der Waals surface area contributed by atoms with Crippen molar-refractivity contribution in [2.45, 2.75) is 33.2 Å². The summed E-state index contributed by atoms with van der Waals surface area (Å²) >= 11 is 0. The number of nitrogens with one attached hydrogen (secondary N) is 3. The Hall–Kier alpha value is -4.13. The van der Waals surface area contributed by atoms with E-state index in [-0.39, 0.29) is 24.3 Å². The molecule has 0 bridgehead atoms. The van der Waals surface area contributed by atoms with Gasteiger partial charge in [0.15, 0.2) is 0 Å². The number of amides is 3. The molecule has 0 heterocycles. The Morgan fingerprint density at radius 3 is 2.11 bits per heavy atom. The summed E-state index contributed by atoms with van der Waals surface area (Å²) in [6.45, 7) is 6.05. The zero-order valence-corrected chi connectivity index (χ0v) is 20.9. The van der Waals surface area contributed by atoms with Crippen LogP contribution in [0.2, 0.25) is 0 Å². The average molecular weight is 487 g/mol. The van der Waals surface area contributed by atoms with E-state index in [1.54, 1.807) is 36.4 Å². The van der Waals surface area contributed by atoms with E-state index in [1.807, 2.05) is 47.4 Å². The van der Waals surface area contributed by atoms with E-state index in [1.165, 1.54) is 0 Å². The van der Waals surface area contributed by atoms with Crippen LogP contribution in [0.25, 0.3) is 0 Å². The maximum Gasteiger partial charge on any atom is 0.253 e. The number of nitrogens with zero attached hydrogens (tertiary/aromatic N) is 1. The van der Waals surface area contributed by atoms with Crippen LogP contribution < -0.4 is 16.0 Å². The molecule has 0 unspecified atom stereocenters. The van der Waals surface area contributed by atoms with Crippen molar-refractivity contribution in [3.05, 3.63) is 95.6 Å². The first-order valence-corrected chi connectivity index (χ1v) is 12.4. The molecule has 0 aromatic heterocycles. The number of carbonyl (C=O) groups excluding carboxylic acids is 3. The Morgan fingerprint density at radius 1 is 0.750 bits per heavy atom. The Balaban J connectivity index is 1.49. The molecule has 3 aromatic carbocycles. The van der Waals surface area contributed by atoms with Crippen molar-refractivity contribution in [1.29, 1.82) is 0 Å². The molecule has 0 aliphatic heterocycles. The van der Waals surface area contributed by atoms with Crippen LogP contribution >= 0.6 is 0 Å². The number of carbonyl (C=O) groups is 3. The highest BCUT2D eigenvalue weighted by atomic mass is 16.2. The standard InChI is InChI=1S/C29H34N4O3/c1-3-17-33(18-4-2)29(36)24-11-8-12-26(19-24)30-21-27(34)32-25-15-13-23(14-16-25)28(35)31-20-22-9-6-5-7-10-22/h5-16,19,30H,3-4,17-18,20-21H2,1-2H3,(H,31,35)(H,32,34). The predicted molar refractivity (Wildman–Crippen MR) is 144 cm³/mol. The van der Waals surface area contributed by atoms with Crippen molar-refractivity contribution >= 4 is 29.1 Å². The lowest BCUT2D eigenvalue weighted by molar-refractivity contribution is -0.114. The van der Waals surface area contributed by atoms with Gasteiger partial charge in [0, 0.05) is 42.1 Å². The molecule has 0 saturated carbocycles. The van der Waals surface area contributed by atoms with Crippen molar-refractivity contribution in [3.8, 4) is 0 Å². The van der Waals surface area contributed by atoms with E-state index in [2.05, 4.69) is 29.8 Å². The van der Waals surface area contributed by atoms with Crippen molar-refractivity contribution in [3.63, 3.8) is 0 Å². The quantitative estimate of drug-likeness (QED) is 0.339. The van der Waals surface area contributed by atoms with Gasteiger partial charge in [0.1, 0.15) is 0 Å². The number of hydrogen-bond donors (Lipinski definition) is 3. The van der Waals surface area contributed by atoms with E-state index in [0.717, 1.165) is 31.5 Å². The molecule has 0 fully saturated rings. The fourth-order valence-corrected chi connectivity index (χ4v) is 3.77. The lowest BCUT2D eigenvalue weighted by atomic mass is 10.1.